The first-order chi connectivity index (χ1) is 8.29. The number of hydrogen-bond acceptors (Lipinski definition) is 3. The molecule has 0 aromatic heterocycles. The summed E-state index contributed by atoms with van der Waals surface area (Å²) in [5, 5.41) is 2.98. The minimum absolute atomic E-state index is 0.0278. The van der Waals surface area contributed by atoms with Crippen molar-refractivity contribution in [1.29, 1.82) is 0 Å². The van der Waals surface area contributed by atoms with Crippen molar-refractivity contribution in [2.75, 3.05) is 20.6 Å². The lowest BCUT2D eigenvalue weighted by Crippen LogP contribution is -2.49. The van der Waals surface area contributed by atoms with Gasteiger partial charge in [0.25, 0.3) is 0 Å². The maximum Gasteiger partial charge on any atom is 0.237 e. The molecule has 4 nitrogen and oxygen atoms in total. The molecule has 0 aromatic rings. The highest BCUT2D eigenvalue weighted by molar-refractivity contribution is 5.81. The average molecular weight is 257 g/mol. The second-order valence-corrected chi connectivity index (χ2v) is 5.90. The van der Waals surface area contributed by atoms with Gasteiger partial charge in [-0.3, -0.25) is 4.79 Å². The maximum atomic E-state index is 11.9. The number of carbonyl (C=O) groups is 1. The van der Waals surface area contributed by atoms with Crippen molar-refractivity contribution in [1.82, 2.24) is 10.2 Å². The van der Waals surface area contributed by atoms with Crippen LogP contribution in [0.25, 0.3) is 0 Å². The zero-order valence-electron chi connectivity index (χ0n) is 12.9. The van der Waals surface area contributed by atoms with E-state index in [1.165, 1.54) is 0 Å². The van der Waals surface area contributed by atoms with Gasteiger partial charge in [0.05, 0.1) is 6.04 Å². The van der Waals surface area contributed by atoms with Crippen molar-refractivity contribution in [3.63, 3.8) is 0 Å². The second kappa shape index (κ2) is 8.48. The SMILES string of the molecule is CCC(C)[C@H](N)C(=O)NCC(CC(C)C)N(C)C. The van der Waals surface area contributed by atoms with Crippen LogP contribution >= 0.6 is 0 Å². The molecular formula is C14H31N3O. The van der Waals surface area contributed by atoms with E-state index in [9.17, 15) is 4.79 Å². The Kier molecular flexibility index (Phi) is 8.20. The van der Waals surface area contributed by atoms with E-state index in [1.807, 2.05) is 21.0 Å². The first kappa shape index (κ1) is 17.4. The number of nitrogens with one attached hydrogen (secondary N) is 1. The molecule has 0 bridgehead atoms. The molecule has 1 amide bonds. The van der Waals surface area contributed by atoms with Crippen molar-refractivity contribution in [2.45, 2.75) is 52.6 Å². The van der Waals surface area contributed by atoms with Crippen molar-refractivity contribution in [3.05, 3.63) is 0 Å². The van der Waals surface area contributed by atoms with E-state index < -0.39 is 6.04 Å². The molecule has 0 aliphatic carbocycles. The highest BCUT2D eigenvalue weighted by Crippen LogP contribution is 2.09. The molecule has 108 valence electrons. The Morgan fingerprint density at radius 3 is 2.22 bits per heavy atom. The molecular weight excluding hydrogens is 226 g/mol. The van der Waals surface area contributed by atoms with E-state index in [2.05, 4.69) is 31.0 Å². The Hall–Kier alpha value is -0.610. The fourth-order valence-electron chi connectivity index (χ4n) is 1.87. The Morgan fingerprint density at radius 2 is 1.83 bits per heavy atom. The maximum absolute atomic E-state index is 11.9. The Labute approximate surface area is 112 Å². The molecule has 0 aliphatic rings. The van der Waals surface area contributed by atoms with Gasteiger partial charge in [-0.1, -0.05) is 34.1 Å². The first-order valence-corrected chi connectivity index (χ1v) is 6.99. The highest BCUT2D eigenvalue weighted by atomic mass is 16.2. The summed E-state index contributed by atoms with van der Waals surface area (Å²) in [5.41, 5.74) is 5.91. The predicted molar refractivity (Wildman–Crippen MR) is 77.4 cm³/mol. The van der Waals surface area contributed by atoms with Gasteiger partial charge in [-0.15, -0.1) is 0 Å². The van der Waals surface area contributed by atoms with Gasteiger partial charge >= 0.3 is 0 Å². The quantitative estimate of drug-likeness (QED) is 0.692. The number of nitrogens with two attached hydrogens (primary N) is 1. The third-order valence-corrected chi connectivity index (χ3v) is 3.55. The number of amides is 1. The molecule has 0 aromatic carbocycles. The van der Waals surface area contributed by atoms with Gasteiger partial charge in [0, 0.05) is 12.6 Å². The summed E-state index contributed by atoms with van der Waals surface area (Å²) < 4.78 is 0. The minimum atomic E-state index is -0.392. The van der Waals surface area contributed by atoms with Crippen molar-refractivity contribution >= 4 is 5.91 Å². The number of carbonyl (C=O) groups excluding carboxylic acids is 1. The van der Waals surface area contributed by atoms with Crippen molar-refractivity contribution in [2.24, 2.45) is 17.6 Å². The van der Waals surface area contributed by atoms with E-state index in [1.54, 1.807) is 0 Å². The van der Waals surface area contributed by atoms with E-state index in [0.29, 0.717) is 18.5 Å². The molecule has 4 heteroatoms. The predicted octanol–water partition coefficient (Wildman–Crippen LogP) is 1.45. The van der Waals surface area contributed by atoms with Gasteiger partial charge in [0.2, 0.25) is 5.91 Å². The summed E-state index contributed by atoms with van der Waals surface area (Å²) in [6, 6.07) is -0.0186. The molecule has 0 aliphatic heterocycles. The summed E-state index contributed by atoms with van der Waals surface area (Å²) in [5.74, 6) is 0.824. The lowest BCUT2D eigenvalue weighted by Gasteiger charge is -2.27. The third kappa shape index (κ3) is 6.36. The molecule has 0 heterocycles. The molecule has 2 unspecified atom stereocenters. The van der Waals surface area contributed by atoms with Crippen LogP contribution in [0, 0.1) is 11.8 Å². The largest absolute Gasteiger partial charge is 0.353 e. The third-order valence-electron chi connectivity index (χ3n) is 3.55. The van der Waals surface area contributed by atoms with E-state index in [-0.39, 0.29) is 11.8 Å². The molecule has 0 saturated carbocycles. The number of rotatable bonds is 8. The molecule has 0 fully saturated rings. The summed E-state index contributed by atoms with van der Waals surface area (Å²) in [7, 11) is 4.10. The monoisotopic (exact) mass is 257 g/mol. The fraction of sp³-hybridized carbons (Fsp3) is 0.929. The van der Waals surface area contributed by atoms with Crippen LogP contribution in [0.1, 0.15) is 40.5 Å². The number of likely N-dealkylation sites (N-methyl/N-ethyl adjacent to an activating group) is 1. The van der Waals surface area contributed by atoms with Crippen LogP contribution < -0.4 is 11.1 Å². The Balaban J connectivity index is 4.22. The topological polar surface area (TPSA) is 58.4 Å². The van der Waals surface area contributed by atoms with Crippen LogP contribution in [0.5, 0.6) is 0 Å². The number of hydrogen-bond donors (Lipinski definition) is 2. The van der Waals surface area contributed by atoms with Crippen molar-refractivity contribution < 1.29 is 4.79 Å². The van der Waals surface area contributed by atoms with Crippen LogP contribution in [-0.4, -0.2) is 43.5 Å². The highest BCUT2D eigenvalue weighted by Gasteiger charge is 2.21. The summed E-state index contributed by atoms with van der Waals surface area (Å²) in [4.78, 5) is 14.1. The smallest absolute Gasteiger partial charge is 0.237 e. The van der Waals surface area contributed by atoms with Gasteiger partial charge in [0.1, 0.15) is 0 Å². The van der Waals surface area contributed by atoms with Crippen LogP contribution in [0.4, 0.5) is 0 Å². The lowest BCUT2D eigenvalue weighted by atomic mass is 9.99. The van der Waals surface area contributed by atoms with Crippen LogP contribution in [0.2, 0.25) is 0 Å². The van der Waals surface area contributed by atoms with Crippen molar-refractivity contribution in [3.8, 4) is 0 Å². The summed E-state index contributed by atoms with van der Waals surface area (Å²) in [6.45, 7) is 9.14. The first-order valence-electron chi connectivity index (χ1n) is 6.99. The van der Waals surface area contributed by atoms with Crippen LogP contribution in [-0.2, 0) is 4.79 Å². The summed E-state index contributed by atoms with van der Waals surface area (Å²) >= 11 is 0. The van der Waals surface area contributed by atoms with Crippen LogP contribution in [0.3, 0.4) is 0 Å². The molecule has 3 N–H and O–H groups in total. The Bertz CT molecular complexity index is 241. The average Bonchev–Trinajstić information content (AvgIpc) is 2.31. The molecule has 18 heavy (non-hydrogen) atoms. The normalized spacial score (nSPS) is 16.7. The number of nitrogens with zero attached hydrogens (tertiary/aromatic N) is 1. The Morgan fingerprint density at radius 1 is 1.28 bits per heavy atom. The molecule has 0 spiro atoms. The molecule has 0 rings (SSSR count). The lowest BCUT2D eigenvalue weighted by molar-refractivity contribution is -0.123. The summed E-state index contributed by atoms with van der Waals surface area (Å²) in [6.07, 6.45) is 2.00. The fourth-order valence-corrected chi connectivity index (χ4v) is 1.87. The zero-order chi connectivity index (χ0) is 14.3. The van der Waals surface area contributed by atoms with E-state index in [0.717, 1.165) is 12.8 Å². The molecule has 3 atom stereocenters. The van der Waals surface area contributed by atoms with Gasteiger partial charge in [-0.2, -0.15) is 0 Å². The standard InChI is InChI=1S/C14H31N3O/c1-7-11(4)13(15)14(18)16-9-12(17(5)6)8-10(2)3/h10-13H,7-9,15H2,1-6H3,(H,16,18)/t11?,12?,13-/m0/s1. The van der Waals surface area contributed by atoms with Gasteiger partial charge < -0.3 is 16.0 Å². The van der Waals surface area contributed by atoms with Gasteiger partial charge in [0.15, 0.2) is 0 Å². The minimum Gasteiger partial charge on any atom is -0.353 e. The molecule has 0 saturated heterocycles. The molecule has 0 radical (unpaired) electrons. The van der Waals surface area contributed by atoms with Gasteiger partial charge in [-0.25, -0.2) is 0 Å². The van der Waals surface area contributed by atoms with E-state index in [4.69, 9.17) is 5.73 Å². The second-order valence-electron chi connectivity index (χ2n) is 5.90. The zero-order valence-corrected chi connectivity index (χ0v) is 12.9. The van der Waals surface area contributed by atoms with Crippen LogP contribution in [0.15, 0.2) is 0 Å². The van der Waals surface area contributed by atoms with Gasteiger partial charge in [-0.05, 0) is 32.4 Å². The van der Waals surface area contributed by atoms with E-state index >= 15 is 0 Å².